The second-order valence-electron chi connectivity index (χ2n) is 6.01. The topological polar surface area (TPSA) is 46.3 Å². The van der Waals surface area contributed by atoms with Crippen molar-refractivity contribution in [2.45, 2.75) is 44.2 Å². The minimum atomic E-state index is 0. The van der Waals surface area contributed by atoms with Gasteiger partial charge in [-0.05, 0) is 49.8 Å². The molecule has 1 heterocycles. The number of nitrogens with zero attached hydrogens (tertiary/aromatic N) is 1. The number of rotatable bonds is 2. The summed E-state index contributed by atoms with van der Waals surface area (Å²) in [6.45, 7) is 0.863. The van der Waals surface area contributed by atoms with Crippen LogP contribution in [0.4, 0.5) is 0 Å². The van der Waals surface area contributed by atoms with Gasteiger partial charge < -0.3 is 10.6 Å². The smallest absolute Gasteiger partial charge is 0.226 e. The van der Waals surface area contributed by atoms with E-state index in [1.165, 1.54) is 0 Å². The number of halogens is 2. The van der Waals surface area contributed by atoms with Crippen LogP contribution in [0.5, 0.6) is 0 Å². The first kappa shape index (κ1) is 16.6. The summed E-state index contributed by atoms with van der Waals surface area (Å²) in [5.41, 5.74) is 7.10. The largest absolute Gasteiger partial charge is 0.335 e. The van der Waals surface area contributed by atoms with Crippen LogP contribution in [0.2, 0.25) is 5.02 Å². The molecule has 1 aliphatic heterocycles. The van der Waals surface area contributed by atoms with Crippen molar-refractivity contribution < 1.29 is 4.79 Å². The van der Waals surface area contributed by atoms with Crippen LogP contribution in [0.25, 0.3) is 0 Å². The third-order valence-electron chi connectivity index (χ3n) is 4.59. The number of carbonyl (C=O) groups excluding carboxylic acids is 1. The number of likely N-dealkylation sites (tertiary alicyclic amines) is 1. The Kier molecular flexibility index (Phi) is 5.53. The molecule has 1 aromatic rings. The van der Waals surface area contributed by atoms with Crippen molar-refractivity contribution in [3.63, 3.8) is 0 Å². The monoisotopic (exact) mass is 328 g/mol. The number of nitrogens with two attached hydrogens (primary N) is 1. The molecule has 21 heavy (non-hydrogen) atoms. The molecule has 2 N–H and O–H groups in total. The van der Waals surface area contributed by atoms with Crippen LogP contribution in [0, 0.1) is 5.92 Å². The molecule has 3 nitrogen and oxygen atoms in total. The SMILES string of the molecule is Cl.NC1CCC(C(=O)N2CCCC2c2cccc(Cl)c2)C1. The molecular formula is C16H22Cl2N2O. The summed E-state index contributed by atoms with van der Waals surface area (Å²) in [5.74, 6) is 0.421. The van der Waals surface area contributed by atoms with Gasteiger partial charge in [0.05, 0.1) is 6.04 Å². The standard InChI is InChI=1S/C16H21ClN2O.ClH/c17-13-4-1-3-11(9-13)15-5-2-8-19(15)16(20)12-6-7-14(18)10-12;/h1,3-4,9,12,14-15H,2,5-8,10,18H2;1H. The molecule has 1 saturated heterocycles. The summed E-state index contributed by atoms with van der Waals surface area (Å²) in [6, 6.07) is 8.29. The molecule has 0 bridgehead atoms. The average Bonchev–Trinajstić information content (AvgIpc) is 3.06. The van der Waals surface area contributed by atoms with Crippen molar-refractivity contribution in [2.75, 3.05) is 6.54 Å². The maximum Gasteiger partial charge on any atom is 0.226 e. The molecule has 1 amide bonds. The van der Waals surface area contributed by atoms with Gasteiger partial charge in [0.25, 0.3) is 0 Å². The van der Waals surface area contributed by atoms with Crippen molar-refractivity contribution in [2.24, 2.45) is 11.7 Å². The van der Waals surface area contributed by atoms with E-state index in [-0.39, 0.29) is 30.4 Å². The molecular weight excluding hydrogens is 307 g/mol. The molecule has 0 spiro atoms. The zero-order chi connectivity index (χ0) is 14.1. The van der Waals surface area contributed by atoms with E-state index in [0.717, 1.165) is 49.2 Å². The molecule has 0 radical (unpaired) electrons. The minimum absolute atomic E-state index is 0. The van der Waals surface area contributed by atoms with Gasteiger partial charge in [0.1, 0.15) is 0 Å². The Morgan fingerprint density at radius 2 is 2.10 bits per heavy atom. The number of benzene rings is 1. The lowest BCUT2D eigenvalue weighted by Gasteiger charge is -2.28. The molecule has 1 aliphatic carbocycles. The van der Waals surface area contributed by atoms with Gasteiger partial charge in [0, 0.05) is 23.5 Å². The number of hydrogen-bond donors (Lipinski definition) is 1. The fraction of sp³-hybridized carbons (Fsp3) is 0.562. The van der Waals surface area contributed by atoms with Gasteiger partial charge in [-0.25, -0.2) is 0 Å². The van der Waals surface area contributed by atoms with Crippen molar-refractivity contribution in [1.29, 1.82) is 0 Å². The fourth-order valence-electron chi connectivity index (χ4n) is 3.57. The maximum absolute atomic E-state index is 12.7. The molecule has 116 valence electrons. The lowest BCUT2D eigenvalue weighted by molar-refractivity contribution is -0.136. The predicted octanol–water partition coefficient (Wildman–Crippen LogP) is 3.55. The van der Waals surface area contributed by atoms with Crippen molar-refractivity contribution in [1.82, 2.24) is 4.90 Å². The second kappa shape index (κ2) is 6.99. The minimum Gasteiger partial charge on any atom is -0.335 e. The van der Waals surface area contributed by atoms with E-state index in [1.807, 2.05) is 23.1 Å². The van der Waals surface area contributed by atoms with E-state index in [9.17, 15) is 4.79 Å². The molecule has 3 rings (SSSR count). The van der Waals surface area contributed by atoms with Gasteiger partial charge in [0.2, 0.25) is 5.91 Å². The zero-order valence-electron chi connectivity index (χ0n) is 12.0. The fourth-order valence-corrected chi connectivity index (χ4v) is 3.76. The van der Waals surface area contributed by atoms with Crippen LogP contribution in [-0.4, -0.2) is 23.4 Å². The third kappa shape index (κ3) is 3.53. The van der Waals surface area contributed by atoms with Crippen LogP contribution < -0.4 is 5.73 Å². The Balaban J connectivity index is 0.00000161. The van der Waals surface area contributed by atoms with Crippen LogP contribution in [0.1, 0.15) is 43.7 Å². The summed E-state index contributed by atoms with van der Waals surface area (Å²) in [5, 5.41) is 0.740. The third-order valence-corrected chi connectivity index (χ3v) is 4.83. The molecule has 0 aromatic heterocycles. The molecule has 3 unspecified atom stereocenters. The molecule has 1 saturated carbocycles. The van der Waals surface area contributed by atoms with Crippen LogP contribution in [-0.2, 0) is 4.79 Å². The van der Waals surface area contributed by atoms with Gasteiger partial charge in [0.15, 0.2) is 0 Å². The van der Waals surface area contributed by atoms with Gasteiger partial charge in [-0.15, -0.1) is 12.4 Å². The van der Waals surface area contributed by atoms with Crippen molar-refractivity contribution >= 4 is 29.9 Å². The Morgan fingerprint density at radius 1 is 1.29 bits per heavy atom. The zero-order valence-corrected chi connectivity index (χ0v) is 13.6. The van der Waals surface area contributed by atoms with E-state index in [1.54, 1.807) is 0 Å². The van der Waals surface area contributed by atoms with E-state index in [0.29, 0.717) is 5.91 Å². The number of hydrogen-bond acceptors (Lipinski definition) is 2. The average molecular weight is 329 g/mol. The van der Waals surface area contributed by atoms with Crippen LogP contribution in [0.3, 0.4) is 0 Å². The van der Waals surface area contributed by atoms with Crippen LogP contribution >= 0.6 is 24.0 Å². The highest BCUT2D eigenvalue weighted by molar-refractivity contribution is 6.30. The van der Waals surface area contributed by atoms with E-state index < -0.39 is 0 Å². The molecule has 2 fully saturated rings. The first-order chi connectivity index (χ1) is 9.65. The Bertz CT molecular complexity index is 509. The summed E-state index contributed by atoms with van der Waals surface area (Å²) in [6.07, 6.45) is 4.87. The molecule has 5 heteroatoms. The second-order valence-corrected chi connectivity index (χ2v) is 6.45. The Hall–Kier alpha value is -0.770. The Labute approximate surface area is 137 Å². The number of amides is 1. The summed E-state index contributed by atoms with van der Waals surface area (Å²) >= 11 is 6.08. The van der Waals surface area contributed by atoms with Gasteiger partial charge in [-0.3, -0.25) is 4.79 Å². The first-order valence-corrected chi connectivity index (χ1v) is 7.84. The van der Waals surface area contributed by atoms with Gasteiger partial charge >= 0.3 is 0 Å². The maximum atomic E-state index is 12.7. The quantitative estimate of drug-likeness (QED) is 0.902. The highest BCUT2D eigenvalue weighted by Gasteiger charge is 2.36. The van der Waals surface area contributed by atoms with Crippen LogP contribution in [0.15, 0.2) is 24.3 Å². The summed E-state index contributed by atoms with van der Waals surface area (Å²) in [7, 11) is 0. The highest BCUT2D eigenvalue weighted by atomic mass is 35.5. The van der Waals surface area contributed by atoms with Gasteiger partial charge in [-0.1, -0.05) is 23.7 Å². The van der Waals surface area contributed by atoms with E-state index in [4.69, 9.17) is 17.3 Å². The molecule has 2 aliphatic rings. The lowest BCUT2D eigenvalue weighted by atomic mass is 10.0. The first-order valence-electron chi connectivity index (χ1n) is 7.46. The van der Waals surface area contributed by atoms with E-state index >= 15 is 0 Å². The van der Waals surface area contributed by atoms with Gasteiger partial charge in [-0.2, -0.15) is 0 Å². The van der Waals surface area contributed by atoms with Crippen molar-refractivity contribution in [3.05, 3.63) is 34.9 Å². The lowest BCUT2D eigenvalue weighted by Crippen LogP contribution is -2.35. The Morgan fingerprint density at radius 3 is 2.76 bits per heavy atom. The summed E-state index contributed by atoms with van der Waals surface area (Å²) < 4.78 is 0. The highest BCUT2D eigenvalue weighted by Crippen LogP contribution is 2.36. The normalized spacial score (nSPS) is 28.5. The summed E-state index contributed by atoms with van der Waals surface area (Å²) in [4.78, 5) is 14.7. The molecule has 3 atom stereocenters. The molecule has 1 aromatic carbocycles. The van der Waals surface area contributed by atoms with E-state index in [2.05, 4.69) is 6.07 Å². The predicted molar refractivity (Wildman–Crippen MR) is 87.7 cm³/mol. The number of carbonyl (C=O) groups is 1. The van der Waals surface area contributed by atoms with Crippen molar-refractivity contribution in [3.8, 4) is 0 Å².